The van der Waals surface area contributed by atoms with Crippen LogP contribution in [-0.2, 0) is 4.79 Å². The number of nitrogens with one attached hydrogen (secondary N) is 1. The largest absolute Gasteiger partial charge is 0.492 e. The molecule has 0 aliphatic carbocycles. The molecular formula is C15H25N3O2. The molecule has 1 rings (SSSR count). The van der Waals surface area contributed by atoms with Crippen LogP contribution in [0.15, 0.2) is 24.3 Å². The Morgan fingerprint density at radius 2 is 2.00 bits per heavy atom. The summed E-state index contributed by atoms with van der Waals surface area (Å²) in [5.74, 6) is 0.673. The molecule has 112 valence electrons. The van der Waals surface area contributed by atoms with E-state index in [1.807, 2.05) is 31.2 Å². The first-order valence-electron chi connectivity index (χ1n) is 7.06. The maximum atomic E-state index is 11.7. The van der Waals surface area contributed by atoms with Gasteiger partial charge in [-0.25, -0.2) is 0 Å². The van der Waals surface area contributed by atoms with E-state index < -0.39 is 6.04 Å². The van der Waals surface area contributed by atoms with Crippen molar-refractivity contribution < 1.29 is 9.53 Å². The van der Waals surface area contributed by atoms with Crippen LogP contribution >= 0.6 is 0 Å². The highest BCUT2D eigenvalue weighted by Gasteiger charge is 2.11. The lowest BCUT2D eigenvalue weighted by atomic mass is 10.1. The zero-order valence-corrected chi connectivity index (χ0v) is 12.1. The molecule has 0 saturated heterocycles. The van der Waals surface area contributed by atoms with Crippen LogP contribution in [0.3, 0.4) is 0 Å². The van der Waals surface area contributed by atoms with Crippen LogP contribution in [-0.4, -0.2) is 31.6 Å². The van der Waals surface area contributed by atoms with E-state index in [0.29, 0.717) is 26.1 Å². The third kappa shape index (κ3) is 6.54. The van der Waals surface area contributed by atoms with Crippen molar-refractivity contribution in [3.05, 3.63) is 29.8 Å². The number of unbranched alkanes of at least 4 members (excludes halogenated alkanes) is 1. The highest BCUT2D eigenvalue weighted by molar-refractivity contribution is 5.81. The fourth-order valence-electron chi connectivity index (χ4n) is 1.75. The van der Waals surface area contributed by atoms with Crippen molar-refractivity contribution in [3.8, 4) is 5.75 Å². The molecule has 0 heterocycles. The Kier molecular flexibility index (Phi) is 7.69. The third-order valence-electron chi connectivity index (χ3n) is 3.00. The van der Waals surface area contributed by atoms with Gasteiger partial charge in [0.25, 0.3) is 0 Å². The highest BCUT2D eigenvalue weighted by Crippen LogP contribution is 2.10. The second-order valence-corrected chi connectivity index (χ2v) is 4.84. The molecule has 0 radical (unpaired) electrons. The van der Waals surface area contributed by atoms with Gasteiger partial charge in [-0.15, -0.1) is 0 Å². The predicted octanol–water partition coefficient (Wildman–Crippen LogP) is 0.946. The first kappa shape index (κ1) is 16.5. The highest BCUT2D eigenvalue weighted by atomic mass is 16.5. The van der Waals surface area contributed by atoms with Crippen molar-refractivity contribution in [2.75, 3.05) is 19.7 Å². The van der Waals surface area contributed by atoms with Gasteiger partial charge in [-0.05, 0) is 38.4 Å². The Bertz CT molecular complexity index is 393. The minimum Gasteiger partial charge on any atom is -0.492 e. The quantitative estimate of drug-likeness (QED) is 0.587. The molecule has 1 aromatic rings. The van der Waals surface area contributed by atoms with Gasteiger partial charge in [-0.3, -0.25) is 4.79 Å². The summed E-state index contributed by atoms with van der Waals surface area (Å²) >= 11 is 0. The molecule has 0 bridgehead atoms. The standard InChI is InChI=1S/C15H25N3O2/c1-12-5-7-13(8-6-12)20-11-10-18-15(19)14(17)4-2-3-9-16/h5-8,14H,2-4,9-11,16-17H2,1H3,(H,18,19)/t14-/m0/s1. The SMILES string of the molecule is Cc1ccc(OCCNC(=O)[C@@H](N)CCCCN)cc1. The molecule has 1 aromatic carbocycles. The molecule has 5 heteroatoms. The van der Waals surface area contributed by atoms with E-state index in [9.17, 15) is 4.79 Å². The molecular weight excluding hydrogens is 254 g/mol. The first-order valence-corrected chi connectivity index (χ1v) is 7.06. The Morgan fingerprint density at radius 3 is 2.65 bits per heavy atom. The summed E-state index contributed by atoms with van der Waals surface area (Å²) in [6, 6.07) is 7.34. The Balaban J connectivity index is 2.13. The van der Waals surface area contributed by atoms with Crippen LogP contribution in [0.4, 0.5) is 0 Å². The lowest BCUT2D eigenvalue weighted by molar-refractivity contribution is -0.122. The van der Waals surface area contributed by atoms with Crippen molar-refractivity contribution in [2.24, 2.45) is 11.5 Å². The van der Waals surface area contributed by atoms with Gasteiger partial charge in [0.15, 0.2) is 0 Å². The van der Waals surface area contributed by atoms with Gasteiger partial charge < -0.3 is 21.5 Å². The van der Waals surface area contributed by atoms with Crippen LogP contribution in [0, 0.1) is 6.92 Å². The number of rotatable bonds is 9. The smallest absolute Gasteiger partial charge is 0.237 e. The van der Waals surface area contributed by atoms with Crippen molar-refractivity contribution >= 4 is 5.91 Å². The molecule has 1 amide bonds. The van der Waals surface area contributed by atoms with Crippen molar-refractivity contribution in [2.45, 2.75) is 32.2 Å². The lowest BCUT2D eigenvalue weighted by Gasteiger charge is -2.12. The summed E-state index contributed by atoms with van der Waals surface area (Å²) in [5.41, 5.74) is 12.4. The molecule has 1 atom stereocenters. The van der Waals surface area contributed by atoms with Gasteiger partial charge in [0.05, 0.1) is 12.6 Å². The minimum atomic E-state index is -0.457. The molecule has 5 nitrogen and oxygen atoms in total. The Labute approximate surface area is 120 Å². The van der Waals surface area contributed by atoms with Gasteiger partial charge in [-0.1, -0.05) is 24.1 Å². The monoisotopic (exact) mass is 279 g/mol. The molecule has 0 saturated carbocycles. The van der Waals surface area contributed by atoms with Gasteiger partial charge in [0, 0.05) is 0 Å². The van der Waals surface area contributed by atoms with Gasteiger partial charge >= 0.3 is 0 Å². The molecule has 20 heavy (non-hydrogen) atoms. The summed E-state index contributed by atoms with van der Waals surface area (Å²) in [5, 5.41) is 2.77. The summed E-state index contributed by atoms with van der Waals surface area (Å²) in [4.78, 5) is 11.7. The maximum Gasteiger partial charge on any atom is 0.237 e. The fraction of sp³-hybridized carbons (Fsp3) is 0.533. The van der Waals surface area contributed by atoms with Crippen molar-refractivity contribution in [3.63, 3.8) is 0 Å². The third-order valence-corrected chi connectivity index (χ3v) is 3.00. The van der Waals surface area contributed by atoms with E-state index in [4.69, 9.17) is 16.2 Å². The number of nitrogens with two attached hydrogens (primary N) is 2. The number of ether oxygens (including phenoxy) is 1. The van der Waals surface area contributed by atoms with Crippen LogP contribution in [0.1, 0.15) is 24.8 Å². The van der Waals surface area contributed by atoms with Crippen molar-refractivity contribution in [1.82, 2.24) is 5.32 Å². The van der Waals surface area contributed by atoms with Crippen LogP contribution in [0.5, 0.6) is 5.75 Å². The van der Waals surface area contributed by atoms with Crippen LogP contribution < -0.4 is 21.5 Å². The molecule has 0 unspecified atom stereocenters. The predicted molar refractivity (Wildman–Crippen MR) is 80.6 cm³/mol. The number of amides is 1. The van der Waals surface area contributed by atoms with Gasteiger partial charge in [0.2, 0.25) is 5.91 Å². The fourth-order valence-corrected chi connectivity index (χ4v) is 1.75. The van der Waals surface area contributed by atoms with Gasteiger partial charge in [0.1, 0.15) is 12.4 Å². The number of carbonyl (C=O) groups is 1. The van der Waals surface area contributed by atoms with Crippen molar-refractivity contribution in [1.29, 1.82) is 0 Å². The number of hydrogen-bond acceptors (Lipinski definition) is 4. The minimum absolute atomic E-state index is 0.130. The Morgan fingerprint density at radius 1 is 1.30 bits per heavy atom. The number of aryl methyl sites for hydroxylation is 1. The topological polar surface area (TPSA) is 90.4 Å². The van der Waals surface area contributed by atoms with Gasteiger partial charge in [-0.2, -0.15) is 0 Å². The second-order valence-electron chi connectivity index (χ2n) is 4.84. The molecule has 0 spiro atoms. The summed E-state index contributed by atoms with van der Waals surface area (Å²) < 4.78 is 5.52. The average molecular weight is 279 g/mol. The van der Waals surface area contributed by atoms with E-state index >= 15 is 0 Å². The zero-order valence-electron chi connectivity index (χ0n) is 12.1. The van der Waals surface area contributed by atoms with E-state index in [1.54, 1.807) is 0 Å². The molecule has 0 fully saturated rings. The first-order chi connectivity index (χ1) is 9.63. The van der Waals surface area contributed by atoms with E-state index in [-0.39, 0.29) is 5.91 Å². The number of carbonyl (C=O) groups excluding carboxylic acids is 1. The number of hydrogen-bond donors (Lipinski definition) is 3. The molecule has 0 aromatic heterocycles. The molecule has 0 aliphatic rings. The van der Waals surface area contributed by atoms with E-state index in [1.165, 1.54) is 5.56 Å². The summed E-state index contributed by atoms with van der Waals surface area (Å²) in [7, 11) is 0. The summed E-state index contributed by atoms with van der Waals surface area (Å²) in [6.45, 7) is 3.55. The average Bonchev–Trinajstić information content (AvgIpc) is 2.45. The van der Waals surface area contributed by atoms with E-state index in [0.717, 1.165) is 18.6 Å². The Hall–Kier alpha value is -1.59. The lowest BCUT2D eigenvalue weighted by Crippen LogP contribution is -2.42. The molecule has 0 aliphatic heterocycles. The second kappa shape index (κ2) is 9.34. The van der Waals surface area contributed by atoms with Crippen LogP contribution in [0.25, 0.3) is 0 Å². The normalized spacial score (nSPS) is 11.9. The molecule has 5 N–H and O–H groups in total. The number of benzene rings is 1. The maximum absolute atomic E-state index is 11.7. The van der Waals surface area contributed by atoms with Crippen LogP contribution in [0.2, 0.25) is 0 Å². The summed E-state index contributed by atoms with van der Waals surface area (Å²) in [6.07, 6.45) is 2.45. The zero-order chi connectivity index (χ0) is 14.8. The van der Waals surface area contributed by atoms with E-state index in [2.05, 4.69) is 5.32 Å².